The number of carbonyl (C=O) groups is 2. The van der Waals surface area contributed by atoms with E-state index in [1.54, 1.807) is 55.0 Å². The lowest BCUT2D eigenvalue weighted by atomic mass is 9.93. The molecular weight excluding hydrogens is 472 g/mol. The number of amides is 2. The van der Waals surface area contributed by atoms with Crippen LogP contribution in [0.15, 0.2) is 64.8 Å². The maximum atomic E-state index is 13.1. The summed E-state index contributed by atoms with van der Waals surface area (Å²) >= 11 is 7.59. The molecule has 0 unspecified atom stereocenters. The number of rotatable bonds is 6. The lowest BCUT2D eigenvalue weighted by Crippen LogP contribution is -2.43. The van der Waals surface area contributed by atoms with E-state index in [0.717, 1.165) is 35.1 Å². The molecule has 2 aliphatic heterocycles. The Balaban J connectivity index is 1.49. The van der Waals surface area contributed by atoms with Gasteiger partial charge in [-0.05, 0) is 55.3 Å². The number of halogens is 1. The molecule has 2 heterocycles. The van der Waals surface area contributed by atoms with Gasteiger partial charge >= 0.3 is 0 Å². The highest BCUT2D eigenvalue weighted by atomic mass is 35.5. The van der Waals surface area contributed by atoms with E-state index >= 15 is 0 Å². The molecule has 0 aromatic heterocycles. The maximum Gasteiger partial charge on any atom is 0.262 e. The van der Waals surface area contributed by atoms with Gasteiger partial charge in [0.1, 0.15) is 5.75 Å². The molecular formula is C25H27ClN4O3S. The Labute approximate surface area is 208 Å². The van der Waals surface area contributed by atoms with Crippen molar-refractivity contribution < 1.29 is 14.3 Å². The van der Waals surface area contributed by atoms with E-state index in [1.165, 1.54) is 0 Å². The Morgan fingerprint density at radius 1 is 1.18 bits per heavy atom. The summed E-state index contributed by atoms with van der Waals surface area (Å²) in [6.45, 7) is 2.63. The van der Waals surface area contributed by atoms with Gasteiger partial charge in [-0.15, -0.1) is 0 Å². The van der Waals surface area contributed by atoms with E-state index in [4.69, 9.17) is 21.3 Å². The average Bonchev–Trinajstić information content (AvgIpc) is 2.83. The summed E-state index contributed by atoms with van der Waals surface area (Å²) in [4.78, 5) is 34.0. The third-order valence-electron chi connectivity index (χ3n) is 5.59. The molecule has 0 bridgehead atoms. The van der Waals surface area contributed by atoms with Crippen molar-refractivity contribution in [1.29, 1.82) is 0 Å². The maximum absolute atomic E-state index is 13.1. The van der Waals surface area contributed by atoms with Gasteiger partial charge in [-0.3, -0.25) is 9.59 Å². The molecule has 0 saturated carbocycles. The van der Waals surface area contributed by atoms with Gasteiger partial charge in [-0.1, -0.05) is 35.5 Å². The fraction of sp³-hybridized carbons (Fsp3) is 0.320. The highest BCUT2D eigenvalue weighted by Crippen LogP contribution is 2.40. The molecule has 2 aromatic carbocycles. The first-order valence-corrected chi connectivity index (χ1v) is 12.4. The Morgan fingerprint density at radius 3 is 2.56 bits per heavy atom. The number of nitrogens with zero attached hydrogens (tertiary/aromatic N) is 3. The predicted octanol–water partition coefficient (Wildman–Crippen LogP) is 4.57. The van der Waals surface area contributed by atoms with Crippen LogP contribution in [-0.2, 0) is 9.59 Å². The second-order valence-corrected chi connectivity index (χ2v) is 9.80. The Bertz CT molecular complexity index is 1130. The monoisotopic (exact) mass is 498 g/mol. The topological polar surface area (TPSA) is 74.2 Å². The van der Waals surface area contributed by atoms with Gasteiger partial charge in [0.2, 0.25) is 0 Å². The van der Waals surface area contributed by atoms with Crippen molar-refractivity contribution in [3.8, 4) is 5.75 Å². The molecule has 1 fully saturated rings. The molecule has 1 saturated heterocycles. The highest BCUT2D eigenvalue weighted by Gasteiger charge is 2.37. The number of carbonyl (C=O) groups excluding carboxylic acids is 2. The molecule has 1 atom stereocenters. The number of likely N-dealkylation sites (N-methyl/N-ethyl adjacent to an activating group) is 1. The van der Waals surface area contributed by atoms with Crippen molar-refractivity contribution in [2.75, 3.05) is 38.3 Å². The largest absolute Gasteiger partial charge is 0.484 e. The third-order valence-corrected chi connectivity index (χ3v) is 6.92. The van der Waals surface area contributed by atoms with Crippen LogP contribution in [0.1, 0.15) is 24.9 Å². The number of benzene rings is 2. The number of fused-ring (bicyclic) bond motifs is 1. The standard InChI is InChI=1S/C25H27ClN4O3S/c1-16-22(24(32)29(2)3)23(30-13-4-14-34-25(30)27-16)17-5-9-19(10-6-17)28-21(31)15-33-20-11-7-18(26)8-12-20/h5-12,23H,4,13-15H2,1-3H3,(H,28,31)/t23-/m1/s1. The smallest absolute Gasteiger partial charge is 0.262 e. The molecule has 9 heteroatoms. The second kappa shape index (κ2) is 10.5. The third kappa shape index (κ3) is 5.39. The molecule has 4 rings (SSSR count). The first-order valence-electron chi connectivity index (χ1n) is 11.0. The summed E-state index contributed by atoms with van der Waals surface area (Å²) in [5, 5.41) is 4.42. The Morgan fingerprint density at radius 2 is 1.88 bits per heavy atom. The quantitative estimate of drug-likeness (QED) is 0.631. The lowest BCUT2D eigenvalue weighted by Gasteiger charge is -2.41. The summed E-state index contributed by atoms with van der Waals surface area (Å²) in [6, 6.07) is 14.3. The van der Waals surface area contributed by atoms with Crippen LogP contribution in [0, 0.1) is 0 Å². The van der Waals surface area contributed by atoms with Gasteiger partial charge in [-0.25, -0.2) is 4.99 Å². The molecule has 0 spiro atoms. The molecule has 0 radical (unpaired) electrons. The summed E-state index contributed by atoms with van der Waals surface area (Å²) < 4.78 is 5.51. The number of amidine groups is 1. The van der Waals surface area contributed by atoms with E-state index in [0.29, 0.717) is 22.0 Å². The van der Waals surface area contributed by atoms with Crippen molar-refractivity contribution in [3.05, 3.63) is 70.4 Å². The van der Waals surface area contributed by atoms with Crippen LogP contribution in [0.25, 0.3) is 0 Å². The number of aliphatic imine (C=N–C) groups is 1. The minimum atomic E-state index is -0.263. The van der Waals surface area contributed by atoms with Crippen LogP contribution >= 0.6 is 23.4 Å². The number of thioether (sulfide) groups is 1. The van der Waals surface area contributed by atoms with Crippen LogP contribution in [0.4, 0.5) is 5.69 Å². The number of ether oxygens (including phenoxy) is 1. The van der Waals surface area contributed by atoms with Gasteiger partial charge in [0.25, 0.3) is 11.8 Å². The zero-order chi connectivity index (χ0) is 24.2. The summed E-state index contributed by atoms with van der Waals surface area (Å²) in [5.41, 5.74) is 3.08. The van der Waals surface area contributed by atoms with Gasteiger partial charge < -0.3 is 19.9 Å². The summed E-state index contributed by atoms with van der Waals surface area (Å²) in [6.07, 6.45) is 1.03. The van der Waals surface area contributed by atoms with Crippen LogP contribution in [0.5, 0.6) is 5.75 Å². The van der Waals surface area contributed by atoms with E-state index in [1.807, 2.05) is 31.2 Å². The fourth-order valence-corrected chi connectivity index (χ4v) is 5.10. The van der Waals surface area contributed by atoms with Crippen molar-refractivity contribution in [2.24, 2.45) is 4.99 Å². The van der Waals surface area contributed by atoms with E-state index in [2.05, 4.69) is 10.2 Å². The van der Waals surface area contributed by atoms with Crippen LogP contribution < -0.4 is 10.1 Å². The first-order chi connectivity index (χ1) is 16.3. The molecule has 34 heavy (non-hydrogen) atoms. The van der Waals surface area contributed by atoms with Crippen LogP contribution in [0.2, 0.25) is 5.02 Å². The molecule has 2 aromatic rings. The number of anilines is 1. The molecule has 1 N–H and O–H groups in total. The van der Waals surface area contributed by atoms with Crippen LogP contribution in [-0.4, -0.2) is 59.8 Å². The van der Waals surface area contributed by atoms with Crippen molar-refractivity contribution in [2.45, 2.75) is 19.4 Å². The summed E-state index contributed by atoms with van der Waals surface area (Å²) in [7, 11) is 3.52. The second-order valence-electron chi connectivity index (χ2n) is 8.30. The zero-order valence-electron chi connectivity index (χ0n) is 19.4. The van der Waals surface area contributed by atoms with Gasteiger partial charge in [-0.2, -0.15) is 0 Å². The molecule has 2 aliphatic rings. The fourth-order valence-electron chi connectivity index (χ4n) is 3.96. The van der Waals surface area contributed by atoms with Crippen LogP contribution in [0.3, 0.4) is 0 Å². The van der Waals surface area contributed by atoms with E-state index < -0.39 is 0 Å². The highest BCUT2D eigenvalue weighted by molar-refractivity contribution is 8.13. The molecule has 2 amide bonds. The molecule has 7 nitrogen and oxygen atoms in total. The Hall–Kier alpha value is -2.97. The van der Waals surface area contributed by atoms with E-state index in [-0.39, 0.29) is 24.5 Å². The van der Waals surface area contributed by atoms with Gasteiger partial charge in [0.05, 0.1) is 17.3 Å². The minimum Gasteiger partial charge on any atom is -0.484 e. The number of allylic oxidation sites excluding steroid dienone is 1. The predicted molar refractivity (Wildman–Crippen MR) is 137 cm³/mol. The number of nitrogens with one attached hydrogen (secondary N) is 1. The van der Waals surface area contributed by atoms with Gasteiger partial charge in [0.15, 0.2) is 11.8 Å². The molecule has 178 valence electrons. The number of hydrogen-bond donors (Lipinski definition) is 1. The lowest BCUT2D eigenvalue weighted by molar-refractivity contribution is -0.125. The molecule has 0 aliphatic carbocycles. The van der Waals surface area contributed by atoms with Crippen molar-refractivity contribution >= 4 is 46.0 Å². The van der Waals surface area contributed by atoms with E-state index in [9.17, 15) is 9.59 Å². The first kappa shape index (κ1) is 24.2. The Kier molecular flexibility index (Phi) is 7.48. The van der Waals surface area contributed by atoms with Crippen molar-refractivity contribution in [3.63, 3.8) is 0 Å². The number of hydrogen-bond acceptors (Lipinski definition) is 6. The average molecular weight is 499 g/mol. The normalized spacial score (nSPS) is 17.6. The minimum absolute atomic E-state index is 0.0439. The zero-order valence-corrected chi connectivity index (χ0v) is 20.9. The van der Waals surface area contributed by atoms with Crippen molar-refractivity contribution in [1.82, 2.24) is 9.80 Å². The van der Waals surface area contributed by atoms with Gasteiger partial charge in [0, 0.05) is 37.1 Å². The summed E-state index contributed by atoms with van der Waals surface area (Å²) in [5.74, 6) is 1.29. The SMILES string of the molecule is CC1=C(C(=O)N(C)C)[C@@H](c2ccc(NC(=O)COc3ccc(Cl)cc3)cc2)N2CCCSC2=N1.